The van der Waals surface area contributed by atoms with Gasteiger partial charge in [0.2, 0.25) is 0 Å². The van der Waals surface area contributed by atoms with Crippen molar-refractivity contribution in [3.63, 3.8) is 0 Å². The summed E-state index contributed by atoms with van der Waals surface area (Å²) in [7, 11) is 0. The van der Waals surface area contributed by atoms with Gasteiger partial charge in [-0.15, -0.1) is 18.3 Å². The molecule has 1 unspecified atom stereocenters. The minimum atomic E-state index is -0.295. The van der Waals surface area contributed by atoms with Gasteiger partial charge in [0.15, 0.2) is 0 Å². The second kappa shape index (κ2) is 6.27. The van der Waals surface area contributed by atoms with Crippen molar-refractivity contribution in [2.75, 3.05) is 5.75 Å². The first-order valence-corrected chi connectivity index (χ1v) is 6.17. The Hall–Kier alpha value is -0.250. The van der Waals surface area contributed by atoms with Crippen molar-refractivity contribution in [1.82, 2.24) is 0 Å². The highest BCUT2D eigenvalue weighted by molar-refractivity contribution is 9.10. The Labute approximate surface area is 97.4 Å². The molecule has 1 aromatic rings. The van der Waals surface area contributed by atoms with E-state index in [1.807, 2.05) is 24.3 Å². The smallest absolute Gasteiger partial charge is 0.0668 e. The number of thioether (sulfide) groups is 1. The molecule has 3 heteroatoms. The molecular formula is C11H13BrOS. The number of hydrogen-bond donors (Lipinski definition) is 1. The lowest BCUT2D eigenvalue weighted by molar-refractivity contribution is 0.203. The summed E-state index contributed by atoms with van der Waals surface area (Å²) in [5, 5.41) is 9.48. The fourth-order valence-electron chi connectivity index (χ4n) is 1.01. The van der Waals surface area contributed by atoms with E-state index in [0.29, 0.717) is 12.2 Å². The number of benzene rings is 1. The molecule has 14 heavy (non-hydrogen) atoms. The van der Waals surface area contributed by atoms with Gasteiger partial charge < -0.3 is 5.11 Å². The number of aliphatic hydroxyl groups is 1. The van der Waals surface area contributed by atoms with Crippen molar-refractivity contribution in [2.24, 2.45) is 0 Å². The highest BCUT2D eigenvalue weighted by Gasteiger charge is 2.02. The van der Waals surface area contributed by atoms with Crippen LogP contribution in [0.2, 0.25) is 0 Å². The zero-order valence-electron chi connectivity index (χ0n) is 7.82. The van der Waals surface area contributed by atoms with Crippen LogP contribution in [0.5, 0.6) is 0 Å². The van der Waals surface area contributed by atoms with Crippen molar-refractivity contribution in [3.8, 4) is 0 Å². The van der Waals surface area contributed by atoms with Gasteiger partial charge >= 0.3 is 0 Å². The van der Waals surface area contributed by atoms with Crippen LogP contribution in [0, 0.1) is 0 Å². The van der Waals surface area contributed by atoms with Crippen LogP contribution in [0.1, 0.15) is 6.42 Å². The molecule has 0 aliphatic heterocycles. The Bertz CT molecular complexity index is 301. The highest BCUT2D eigenvalue weighted by atomic mass is 79.9. The number of rotatable bonds is 5. The van der Waals surface area contributed by atoms with Crippen LogP contribution >= 0.6 is 27.7 Å². The van der Waals surface area contributed by atoms with Crippen LogP contribution in [0.4, 0.5) is 0 Å². The lowest BCUT2D eigenvalue weighted by Crippen LogP contribution is -2.07. The van der Waals surface area contributed by atoms with Crippen molar-refractivity contribution in [1.29, 1.82) is 0 Å². The third kappa shape index (κ3) is 4.31. The molecule has 1 N–H and O–H groups in total. The van der Waals surface area contributed by atoms with Gasteiger partial charge in [-0.3, -0.25) is 0 Å². The quantitative estimate of drug-likeness (QED) is 0.654. The summed E-state index contributed by atoms with van der Waals surface area (Å²) in [6.07, 6.45) is 2.10. The van der Waals surface area contributed by atoms with Gasteiger partial charge in [-0.25, -0.2) is 0 Å². The fraction of sp³-hybridized carbons (Fsp3) is 0.273. The molecule has 1 rings (SSSR count). The summed E-state index contributed by atoms with van der Waals surface area (Å²) in [6, 6.07) is 8.07. The van der Waals surface area contributed by atoms with Crippen LogP contribution in [0.15, 0.2) is 46.3 Å². The summed E-state index contributed by atoms with van der Waals surface area (Å²) in [5.41, 5.74) is 0. The molecule has 0 saturated heterocycles. The molecule has 0 bridgehead atoms. The van der Waals surface area contributed by atoms with Crippen molar-refractivity contribution in [3.05, 3.63) is 41.4 Å². The lowest BCUT2D eigenvalue weighted by Gasteiger charge is -2.07. The maximum atomic E-state index is 9.48. The monoisotopic (exact) mass is 272 g/mol. The zero-order chi connectivity index (χ0) is 10.4. The Kier molecular flexibility index (Phi) is 5.30. The van der Waals surface area contributed by atoms with E-state index < -0.39 is 0 Å². The molecule has 0 radical (unpaired) electrons. The summed E-state index contributed by atoms with van der Waals surface area (Å²) < 4.78 is 1.07. The van der Waals surface area contributed by atoms with Gasteiger partial charge in [0.05, 0.1) is 6.10 Å². The Morgan fingerprint density at radius 2 is 2.36 bits per heavy atom. The van der Waals surface area contributed by atoms with Crippen LogP contribution in [-0.2, 0) is 0 Å². The molecule has 1 aromatic carbocycles. The zero-order valence-corrected chi connectivity index (χ0v) is 10.2. The van der Waals surface area contributed by atoms with E-state index in [-0.39, 0.29) is 6.10 Å². The Balaban J connectivity index is 2.41. The first-order valence-electron chi connectivity index (χ1n) is 4.39. The van der Waals surface area contributed by atoms with Crippen molar-refractivity contribution >= 4 is 27.7 Å². The maximum absolute atomic E-state index is 9.48. The molecule has 1 nitrogen and oxygen atoms in total. The van der Waals surface area contributed by atoms with E-state index in [1.54, 1.807) is 17.8 Å². The van der Waals surface area contributed by atoms with Gasteiger partial charge in [0.1, 0.15) is 0 Å². The molecular weight excluding hydrogens is 260 g/mol. The normalized spacial score (nSPS) is 12.4. The summed E-state index contributed by atoms with van der Waals surface area (Å²) in [6.45, 7) is 3.59. The Morgan fingerprint density at radius 1 is 1.57 bits per heavy atom. The number of halogens is 1. The Morgan fingerprint density at radius 3 is 3.00 bits per heavy atom. The van der Waals surface area contributed by atoms with E-state index >= 15 is 0 Å². The molecule has 0 aliphatic carbocycles. The maximum Gasteiger partial charge on any atom is 0.0668 e. The van der Waals surface area contributed by atoms with Crippen LogP contribution in [0.25, 0.3) is 0 Å². The van der Waals surface area contributed by atoms with Crippen molar-refractivity contribution < 1.29 is 5.11 Å². The standard InChI is InChI=1S/C11H13BrOS/c1-2-4-10(13)8-14-11-6-3-5-9(12)7-11/h2-3,5-7,10,13H,1,4,8H2. The van der Waals surface area contributed by atoms with Gasteiger partial charge in [0.25, 0.3) is 0 Å². The second-order valence-electron chi connectivity index (χ2n) is 2.95. The molecule has 0 amide bonds. The van der Waals surface area contributed by atoms with Gasteiger partial charge in [-0.2, -0.15) is 0 Å². The second-order valence-corrected chi connectivity index (χ2v) is 4.96. The summed E-state index contributed by atoms with van der Waals surface area (Å²) >= 11 is 5.06. The third-order valence-corrected chi connectivity index (χ3v) is 3.31. The SMILES string of the molecule is C=CCC(O)CSc1cccc(Br)c1. The van der Waals surface area contributed by atoms with Crippen LogP contribution in [-0.4, -0.2) is 17.0 Å². The summed E-state index contributed by atoms with van der Waals surface area (Å²) in [4.78, 5) is 1.17. The fourth-order valence-corrected chi connectivity index (χ4v) is 2.47. The van der Waals surface area contributed by atoms with Crippen molar-refractivity contribution in [2.45, 2.75) is 17.4 Å². The largest absolute Gasteiger partial charge is 0.392 e. The molecule has 76 valence electrons. The predicted octanol–water partition coefficient (Wildman–Crippen LogP) is 3.48. The predicted molar refractivity (Wildman–Crippen MR) is 65.7 cm³/mol. The molecule has 0 spiro atoms. The van der Waals surface area contributed by atoms with E-state index in [2.05, 4.69) is 22.5 Å². The number of hydrogen-bond acceptors (Lipinski definition) is 2. The summed E-state index contributed by atoms with van der Waals surface area (Å²) in [5.74, 6) is 0.711. The topological polar surface area (TPSA) is 20.2 Å². The highest BCUT2D eigenvalue weighted by Crippen LogP contribution is 2.22. The average Bonchev–Trinajstić information content (AvgIpc) is 2.15. The molecule has 0 aromatic heterocycles. The lowest BCUT2D eigenvalue weighted by atomic mass is 10.3. The first-order chi connectivity index (χ1) is 6.72. The van der Waals surface area contributed by atoms with Gasteiger partial charge in [-0.1, -0.05) is 28.1 Å². The minimum Gasteiger partial charge on any atom is -0.392 e. The van der Waals surface area contributed by atoms with E-state index in [0.717, 1.165) is 4.47 Å². The molecule has 0 fully saturated rings. The molecule has 1 atom stereocenters. The molecule has 0 aliphatic rings. The van der Waals surface area contributed by atoms with E-state index in [4.69, 9.17) is 0 Å². The van der Waals surface area contributed by atoms with Crippen LogP contribution in [0.3, 0.4) is 0 Å². The minimum absolute atomic E-state index is 0.295. The van der Waals surface area contributed by atoms with Crippen LogP contribution < -0.4 is 0 Å². The molecule has 0 saturated carbocycles. The van der Waals surface area contributed by atoms with Gasteiger partial charge in [-0.05, 0) is 24.6 Å². The molecule has 0 heterocycles. The first kappa shape index (κ1) is 11.8. The third-order valence-electron chi connectivity index (χ3n) is 1.68. The van der Waals surface area contributed by atoms with E-state index in [1.165, 1.54) is 4.90 Å². The number of aliphatic hydroxyl groups excluding tert-OH is 1. The van der Waals surface area contributed by atoms with Gasteiger partial charge in [0, 0.05) is 15.1 Å². The average molecular weight is 273 g/mol. The van der Waals surface area contributed by atoms with E-state index in [9.17, 15) is 5.11 Å².